The van der Waals surface area contributed by atoms with Gasteiger partial charge in [0.1, 0.15) is 0 Å². The Bertz CT molecular complexity index is 657. The number of halogens is 2. The number of hydrogen-bond acceptors (Lipinski definition) is 2. The minimum absolute atomic E-state index is 0.0290. The van der Waals surface area contributed by atoms with Crippen molar-refractivity contribution in [1.82, 2.24) is 0 Å². The van der Waals surface area contributed by atoms with Crippen molar-refractivity contribution in [3.63, 3.8) is 0 Å². The second kappa shape index (κ2) is 11.1. The van der Waals surface area contributed by atoms with Crippen LogP contribution in [0.25, 0.3) is 0 Å². The molecule has 0 N–H and O–H groups in total. The third-order valence-corrected chi connectivity index (χ3v) is 6.66. The molecule has 2 aliphatic rings. The number of benzene rings is 1. The predicted octanol–water partition coefficient (Wildman–Crippen LogP) is 7.18. The Morgan fingerprint density at radius 2 is 1.86 bits per heavy atom. The molecule has 3 rings (SSSR count). The van der Waals surface area contributed by atoms with Gasteiger partial charge in [-0.15, -0.1) is 0 Å². The molecule has 0 spiro atoms. The molecule has 1 aromatic carbocycles. The summed E-state index contributed by atoms with van der Waals surface area (Å²) in [6.45, 7) is 5.29. The summed E-state index contributed by atoms with van der Waals surface area (Å²) >= 11 is 0. The van der Waals surface area contributed by atoms with Crippen molar-refractivity contribution in [3.8, 4) is 5.75 Å². The molecule has 1 heterocycles. The van der Waals surface area contributed by atoms with Gasteiger partial charge in [-0.05, 0) is 94.1 Å². The number of allylic oxidation sites excluding steroid dienone is 2. The van der Waals surface area contributed by atoms with Crippen LogP contribution in [0.2, 0.25) is 0 Å². The zero-order chi connectivity index (χ0) is 20.6. The molecule has 162 valence electrons. The van der Waals surface area contributed by atoms with Crippen LogP contribution in [0.3, 0.4) is 0 Å². The fourth-order valence-corrected chi connectivity index (χ4v) is 4.91. The first-order chi connectivity index (χ1) is 14.1. The molecule has 2 atom stereocenters. The van der Waals surface area contributed by atoms with Gasteiger partial charge in [-0.25, -0.2) is 4.39 Å². The highest BCUT2D eigenvalue weighted by atomic mass is 19.2. The summed E-state index contributed by atoms with van der Waals surface area (Å²) in [4.78, 5) is 0. The molecule has 2 nitrogen and oxygen atoms in total. The molecule has 1 saturated heterocycles. The lowest BCUT2D eigenvalue weighted by Crippen LogP contribution is -2.34. The van der Waals surface area contributed by atoms with E-state index in [0.29, 0.717) is 30.1 Å². The van der Waals surface area contributed by atoms with E-state index >= 15 is 0 Å². The minimum Gasteiger partial charge on any atom is -0.490 e. The lowest BCUT2D eigenvalue weighted by atomic mass is 9.75. The third-order valence-electron chi connectivity index (χ3n) is 6.66. The Kier molecular flexibility index (Phi) is 8.53. The van der Waals surface area contributed by atoms with Crippen molar-refractivity contribution in [2.24, 2.45) is 11.8 Å². The molecule has 1 aliphatic carbocycles. The summed E-state index contributed by atoms with van der Waals surface area (Å²) in [5.74, 6) is -0.191. The lowest BCUT2D eigenvalue weighted by molar-refractivity contribution is -0.0573. The minimum atomic E-state index is -0.836. The summed E-state index contributed by atoms with van der Waals surface area (Å²) in [5.41, 5.74) is 0.512. The van der Waals surface area contributed by atoms with Gasteiger partial charge in [-0.3, -0.25) is 0 Å². The van der Waals surface area contributed by atoms with E-state index in [4.69, 9.17) is 9.47 Å². The molecule has 0 radical (unpaired) electrons. The van der Waals surface area contributed by atoms with Gasteiger partial charge in [0.05, 0.1) is 12.7 Å². The SMILES string of the molecule is C/C=C/CCC1CCC(C2CCC(c3ccc(OCCC)c(F)c3F)CC2)OC1. The zero-order valence-electron chi connectivity index (χ0n) is 18.0. The van der Waals surface area contributed by atoms with Gasteiger partial charge in [0, 0.05) is 6.61 Å². The van der Waals surface area contributed by atoms with Crippen LogP contribution in [0, 0.1) is 23.5 Å². The van der Waals surface area contributed by atoms with E-state index in [1.807, 2.05) is 6.92 Å². The van der Waals surface area contributed by atoms with Crippen molar-refractivity contribution in [2.75, 3.05) is 13.2 Å². The largest absolute Gasteiger partial charge is 0.490 e. The van der Waals surface area contributed by atoms with Gasteiger partial charge < -0.3 is 9.47 Å². The molecule has 0 bridgehead atoms. The van der Waals surface area contributed by atoms with Gasteiger partial charge in [0.2, 0.25) is 5.82 Å². The molecule has 1 saturated carbocycles. The van der Waals surface area contributed by atoms with E-state index in [1.165, 1.54) is 12.8 Å². The Morgan fingerprint density at radius 1 is 1.07 bits per heavy atom. The zero-order valence-corrected chi connectivity index (χ0v) is 18.0. The smallest absolute Gasteiger partial charge is 0.200 e. The van der Waals surface area contributed by atoms with Crippen molar-refractivity contribution < 1.29 is 18.3 Å². The molecule has 4 heteroatoms. The second-order valence-electron chi connectivity index (χ2n) is 8.70. The van der Waals surface area contributed by atoms with Crippen LogP contribution in [-0.2, 0) is 4.74 Å². The van der Waals surface area contributed by atoms with Crippen molar-refractivity contribution >= 4 is 0 Å². The van der Waals surface area contributed by atoms with E-state index in [1.54, 1.807) is 12.1 Å². The molecule has 1 aliphatic heterocycles. The highest BCUT2D eigenvalue weighted by Crippen LogP contribution is 2.42. The van der Waals surface area contributed by atoms with Crippen molar-refractivity contribution in [1.29, 1.82) is 0 Å². The molecule has 0 amide bonds. The quantitative estimate of drug-likeness (QED) is 0.426. The monoisotopic (exact) mass is 406 g/mol. The maximum absolute atomic E-state index is 14.6. The third kappa shape index (κ3) is 5.81. The summed E-state index contributed by atoms with van der Waals surface area (Å²) < 4.78 is 40.5. The topological polar surface area (TPSA) is 18.5 Å². The predicted molar refractivity (Wildman–Crippen MR) is 113 cm³/mol. The van der Waals surface area contributed by atoms with Crippen LogP contribution in [0.4, 0.5) is 8.78 Å². The van der Waals surface area contributed by atoms with Crippen molar-refractivity contribution in [2.45, 2.75) is 83.7 Å². The molecule has 0 aromatic heterocycles. The summed E-state index contributed by atoms with van der Waals surface area (Å²) in [5, 5.41) is 0. The molecule has 1 aromatic rings. The van der Waals surface area contributed by atoms with Gasteiger partial charge in [0.15, 0.2) is 11.6 Å². The standard InChI is InChI=1S/C25H36F2O2/c1-3-5-6-7-18-8-14-22(29-17-18)20-11-9-19(10-12-20)21-13-15-23(28-16-4-2)25(27)24(21)26/h3,5,13,15,18-20,22H,4,6-12,14,16-17H2,1-2H3/b5-3+. The number of ether oxygens (including phenoxy) is 2. The summed E-state index contributed by atoms with van der Waals surface area (Å²) in [6.07, 6.45) is 14.1. The Balaban J connectivity index is 1.49. The molecule has 2 fully saturated rings. The van der Waals surface area contributed by atoms with Gasteiger partial charge >= 0.3 is 0 Å². The van der Waals surface area contributed by atoms with Gasteiger partial charge in [0.25, 0.3) is 0 Å². The average Bonchev–Trinajstić information content (AvgIpc) is 2.76. The van der Waals surface area contributed by atoms with Crippen LogP contribution in [-0.4, -0.2) is 19.3 Å². The number of hydrogen-bond donors (Lipinski definition) is 0. The average molecular weight is 407 g/mol. The maximum atomic E-state index is 14.6. The first-order valence-electron chi connectivity index (χ1n) is 11.5. The van der Waals surface area contributed by atoms with E-state index in [0.717, 1.165) is 51.6 Å². The van der Waals surface area contributed by atoms with Crippen LogP contribution in [0.15, 0.2) is 24.3 Å². The summed E-state index contributed by atoms with van der Waals surface area (Å²) in [6, 6.07) is 3.31. The van der Waals surface area contributed by atoms with Crippen LogP contribution < -0.4 is 4.74 Å². The highest BCUT2D eigenvalue weighted by molar-refractivity contribution is 5.33. The Labute approximate surface area is 174 Å². The van der Waals surface area contributed by atoms with E-state index < -0.39 is 11.6 Å². The molecule has 2 unspecified atom stereocenters. The van der Waals surface area contributed by atoms with Gasteiger partial charge in [-0.1, -0.05) is 25.1 Å². The molecular formula is C25H36F2O2. The lowest BCUT2D eigenvalue weighted by Gasteiger charge is -2.38. The Hall–Kier alpha value is -1.42. The first-order valence-corrected chi connectivity index (χ1v) is 11.5. The fraction of sp³-hybridized carbons (Fsp3) is 0.680. The van der Waals surface area contributed by atoms with E-state index in [9.17, 15) is 8.78 Å². The van der Waals surface area contributed by atoms with Crippen LogP contribution in [0.1, 0.15) is 83.1 Å². The summed E-state index contributed by atoms with van der Waals surface area (Å²) in [7, 11) is 0. The van der Waals surface area contributed by atoms with Crippen LogP contribution >= 0.6 is 0 Å². The molecular weight excluding hydrogens is 370 g/mol. The first kappa shape index (κ1) is 22.3. The maximum Gasteiger partial charge on any atom is 0.200 e. The number of rotatable bonds is 8. The van der Waals surface area contributed by atoms with Crippen LogP contribution in [0.5, 0.6) is 5.75 Å². The van der Waals surface area contributed by atoms with E-state index in [-0.39, 0.29) is 11.7 Å². The van der Waals surface area contributed by atoms with Crippen molar-refractivity contribution in [3.05, 3.63) is 41.5 Å². The molecule has 29 heavy (non-hydrogen) atoms. The second-order valence-corrected chi connectivity index (χ2v) is 8.70. The Morgan fingerprint density at radius 3 is 2.52 bits per heavy atom. The van der Waals surface area contributed by atoms with Gasteiger partial charge in [-0.2, -0.15) is 4.39 Å². The van der Waals surface area contributed by atoms with E-state index in [2.05, 4.69) is 19.1 Å². The normalized spacial score (nSPS) is 28.0. The fourth-order valence-electron chi connectivity index (χ4n) is 4.91. The highest BCUT2D eigenvalue weighted by Gasteiger charge is 2.33.